The summed E-state index contributed by atoms with van der Waals surface area (Å²) >= 11 is 0. The first-order valence-corrected chi connectivity index (χ1v) is 10.5. The number of aliphatic carboxylic acids is 2. The van der Waals surface area contributed by atoms with Gasteiger partial charge in [0.25, 0.3) is 5.91 Å². The zero-order valence-electron chi connectivity index (χ0n) is 14.8. The number of nitrogens with one attached hydrogen (secondary N) is 1. The van der Waals surface area contributed by atoms with E-state index in [1.165, 1.54) is 10.8 Å². The number of nitrogens with zero attached hydrogens (tertiary/aromatic N) is 1. The van der Waals surface area contributed by atoms with Crippen LogP contribution in [0.15, 0.2) is 36.5 Å². The van der Waals surface area contributed by atoms with E-state index < -0.39 is 18.1 Å². The molecule has 1 aromatic carbocycles. The molecule has 0 bridgehead atoms. The number of pyridine rings is 1. The zero-order valence-corrected chi connectivity index (χ0v) is 16.4. The Bertz CT molecular complexity index is 849. The number of carbonyl (C=O) groups is 3. The molecule has 158 valence electrons. The molecule has 29 heavy (non-hydrogen) atoms. The number of hydrogen-bond acceptors (Lipinski definition) is 6. The second-order valence-corrected chi connectivity index (χ2v) is 7.97. The Kier molecular flexibility index (Phi) is 10.3. The Morgan fingerprint density at radius 1 is 1.07 bits per heavy atom. The van der Waals surface area contributed by atoms with Gasteiger partial charge in [0, 0.05) is 29.6 Å². The number of carboxylic acids is 2. The van der Waals surface area contributed by atoms with Crippen LogP contribution in [0, 0.1) is 0 Å². The van der Waals surface area contributed by atoms with E-state index in [4.69, 9.17) is 15.0 Å². The van der Waals surface area contributed by atoms with Crippen LogP contribution in [0.25, 0.3) is 10.9 Å². The highest BCUT2D eigenvalue weighted by Crippen LogP contribution is 2.21. The van der Waals surface area contributed by atoms with Crippen molar-refractivity contribution >= 4 is 50.3 Å². The number of hydrogen-bond donors (Lipinski definition) is 3. The third-order valence-electron chi connectivity index (χ3n) is 3.05. The molecule has 0 unspecified atom stereocenters. The number of para-hydroxylation sites is 1. The van der Waals surface area contributed by atoms with Crippen molar-refractivity contribution in [1.82, 2.24) is 10.3 Å². The van der Waals surface area contributed by atoms with Gasteiger partial charge in [0.2, 0.25) is 0 Å². The number of carboxylic acid groups (broad SMARTS) is 2. The molecule has 0 aliphatic heterocycles. The fourth-order valence-electron chi connectivity index (χ4n) is 1.75. The van der Waals surface area contributed by atoms with Gasteiger partial charge in [-0.05, 0) is 12.1 Å². The van der Waals surface area contributed by atoms with Gasteiger partial charge in [0.1, 0.15) is 0 Å². The van der Waals surface area contributed by atoms with E-state index in [0.717, 1.165) is 16.7 Å². The molecule has 1 heterocycles. The summed E-state index contributed by atoms with van der Waals surface area (Å²) in [5.74, 6) is -2.38. The van der Waals surface area contributed by atoms with E-state index in [2.05, 4.69) is 10.3 Å². The lowest BCUT2D eigenvalue weighted by molar-refractivity contribution is -0.192. The lowest BCUT2D eigenvalue weighted by Crippen LogP contribution is -2.25. The minimum absolute atomic E-state index is 0.144. The number of amides is 1. The Morgan fingerprint density at radius 2 is 1.69 bits per heavy atom. The smallest absolute Gasteiger partial charge is 0.481 e. The fraction of sp³-hybridized carbons (Fsp3) is 0.294. The summed E-state index contributed by atoms with van der Waals surface area (Å²) in [5, 5.41) is 19.4. The van der Waals surface area contributed by atoms with E-state index >= 15 is 0 Å². The highest BCUT2D eigenvalue weighted by molar-refractivity contribution is 8.76. The number of rotatable bonds is 8. The van der Waals surface area contributed by atoms with Crippen LogP contribution < -0.4 is 5.32 Å². The summed E-state index contributed by atoms with van der Waals surface area (Å²) < 4.78 is 31.7. The average molecular weight is 450 g/mol. The standard InChI is InChI=1S/C15H16N2O3S2.C2HF3O2/c18-14(19)5-7-21-22-8-6-16-15(20)12-9-11-3-1-2-4-13(11)17-10-12;3-2(4,5)1(6)7/h1-4,9-10H,5-8H2,(H,16,20)(H,18,19);(H,6,7). The van der Waals surface area contributed by atoms with E-state index in [1.807, 2.05) is 30.3 Å². The van der Waals surface area contributed by atoms with Crippen LogP contribution in [0.2, 0.25) is 0 Å². The Hall–Kier alpha value is -2.47. The maximum absolute atomic E-state index is 12.0. The van der Waals surface area contributed by atoms with Crippen molar-refractivity contribution < 1.29 is 37.8 Å². The molecular formula is C17H17F3N2O5S2. The molecule has 0 spiro atoms. The van der Waals surface area contributed by atoms with E-state index in [0.29, 0.717) is 17.9 Å². The maximum atomic E-state index is 12.0. The van der Waals surface area contributed by atoms with Gasteiger partial charge < -0.3 is 15.5 Å². The van der Waals surface area contributed by atoms with E-state index in [1.54, 1.807) is 17.0 Å². The lowest BCUT2D eigenvalue weighted by Gasteiger charge is -2.05. The van der Waals surface area contributed by atoms with Crippen molar-refractivity contribution in [3.63, 3.8) is 0 Å². The highest BCUT2D eigenvalue weighted by Gasteiger charge is 2.38. The number of fused-ring (bicyclic) bond motifs is 1. The Labute approximate surface area is 171 Å². The van der Waals surface area contributed by atoms with Gasteiger partial charge in [-0.15, -0.1) is 0 Å². The molecule has 2 rings (SSSR count). The molecule has 3 N–H and O–H groups in total. The molecule has 1 amide bonds. The number of benzene rings is 1. The number of carbonyl (C=O) groups excluding carboxylic acids is 1. The topological polar surface area (TPSA) is 117 Å². The molecule has 0 saturated carbocycles. The van der Waals surface area contributed by atoms with Gasteiger partial charge in [0.05, 0.1) is 17.5 Å². The highest BCUT2D eigenvalue weighted by atomic mass is 33.1. The predicted molar refractivity (Wildman–Crippen MR) is 105 cm³/mol. The fourth-order valence-corrected chi connectivity index (χ4v) is 3.64. The van der Waals surface area contributed by atoms with Gasteiger partial charge in [-0.2, -0.15) is 13.2 Å². The summed E-state index contributed by atoms with van der Waals surface area (Å²) in [7, 11) is 3.06. The van der Waals surface area contributed by atoms with Crippen molar-refractivity contribution in [1.29, 1.82) is 0 Å². The molecule has 0 radical (unpaired) electrons. The van der Waals surface area contributed by atoms with Gasteiger partial charge >= 0.3 is 18.1 Å². The minimum Gasteiger partial charge on any atom is -0.481 e. The van der Waals surface area contributed by atoms with E-state index in [-0.39, 0.29) is 12.3 Å². The first-order valence-electron chi connectivity index (χ1n) is 8.00. The van der Waals surface area contributed by atoms with Crippen molar-refractivity contribution in [3.8, 4) is 0 Å². The Morgan fingerprint density at radius 3 is 2.31 bits per heavy atom. The molecule has 1 aromatic heterocycles. The second-order valence-electron chi connectivity index (χ2n) is 5.26. The number of alkyl halides is 3. The summed E-state index contributed by atoms with van der Waals surface area (Å²) in [5.41, 5.74) is 1.41. The monoisotopic (exact) mass is 450 g/mol. The van der Waals surface area contributed by atoms with Crippen LogP contribution in [0.1, 0.15) is 16.8 Å². The maximum Gasteiger partial charge on any atom is 0.490 e. The van der Waals surface area contributed by atoms with Crippen molar-refractivity contribution in [2.45, 2.75) is 12.6 Å². The largest absolute Gasteiger partial charge is 0.490 e. The average Bonchev–Trinajstić information content (AvgIpc) is 2.66. The summed E-state index contributed by atoms with van der Waals surface area (Å²) in [6.45, 7) is 0.538. The minimum atomic E-state index is -5.08. The first-order chi connectivity index (χ1) is 13.6. The van der Waals surface area contributed by atoms with Crippen LogP contribution in [-0.4, -0.2) is 57.3 Å². The van der Waals surface area contributed by atoms with Crippen LogP contribution in [0.3, 0.4) is 0 Å². The van der Waals surface area contributed by atoms with Gasteiger partial charge in [-0.1, -0.05) is 39.8 Å². The van der Waals surface area contributed by atoms with Crippen molar-refractivity contribution in [3.05, 3.63) is 42.1 Å². The van der Waals surface area contributed by atoms with Gasteiger partial charge in [0.15, 0.2) is 0 Å². The summed E-state index contributed by atoms with van der Waals surface area (Å²) in [6.07, 6.45) is -3.35. The quantitative estimate of drug-likeness (QED) is 0.414. The van der Waals surface area contributed by atoms with Crippen molar-refractivity contribution in [2.24, 2.45) is 0 Å². The van der Waals surface area contributed by atoms with Crippen LogP contribution >= 0.6 is 21.6 Å². The molecule has 0 fully saturated rings. The number of aromatic nitrogens is 1. The van der Waals surface area contributed by atoms with E-state index in [9.17, 15) is 22.8 Å². The lowest BCUT2D eigenvalue weighted by atomic mass is 10.1. The SMILES string of the molecule is O=C(O)C(F)(F)F.O=C(O)CCSSCCNC(=O)c1cnc2ccccc2c1. The van der Waals surface area contributed by atoms with Gasteiger partial charge in [-0.25, -0.2) is 4.79 Å². The summed E-state index contributed by atoms with van der Waals surface area (Å²) in [6, 6.07) is 9.48. The molecule has 12 heteroatoms. The summed E-state index contributed by atoms with van der Waals surface area (Å²) in [4.78, 5) is 35.5. The molecule has 0 aliphatic carbocycles. The molecule has 0 aliphatic rings. The molecule has 2 aromatic rings. The first kappa shape index (κ1) is 24.6. The van der Waals surface area contributed by atoms with Crippen LogP contribution in [0.5, 0.6) is 0 Å². The third kappa shape index (κ3) is 10.0. The Balaban J connectivity index is 0.000000516. The predicted octanol–water partition coefficient (Wildman–Crippen LogP) is 3.45. The normalized spacial score (nSPS) is 10.7. The number of halogens is 3. The molecule has 7 nitrogen and oxygen atoms in total. The van der Waals surface area contributed by atoms with Gasteiger partial charge in [-0.3, -0.25) is 14.6 Å². The second kappa shape index (κ2) is 12.2. The van der Waals surface area contributed by atoms with Crippen LogP contribution in [-0.2, 0) is 9.59 Å². The molecule has 0 atom stereocenters. The molecular weight excluding hydrogens is 433 g/mol. The third-order valence-corrected chi connectivity index (χ3v) is 5.46. The van der Waals surface area contributed by atoms with Crippen molar-refractivity contribution in [2.75, 3.05) is 18.1 Å². The zero-order chi connectivity index (χ0) is 21.9. The van der Waals surface area contributed by atoms with Crippen LogP contribution in [0.4, 0.5) is 13.2 Å². The molecule has 0 saturated heterocycles.